The second-order valence-electron chi connectivity index (χ2n) is 8.92. The molecule has 3 heterocycles. The number of ether oxygens (including phenoxy) is 1. The zero-order valence-electron chi connectivity index (χ0n) is 18.2. The van der Waals surface area contributed by atoms with Gasteiger partial charge in [0.05, 0.1) is 13.2 Å². The van der Waals surface area contributed by atoms with Crippen LogP contribution in [-0.4, -0.2) is 73.3 Å². The van der Waals surface area contributed by atoms with Crippen LogP contribution >= 0.6 is 0 Å². The van der Waals surface area contributed by atoms with Gasteiger partial charge in [-0.25, -0.2) is 4.98 Å². The van der Waals surface area contributed by atoms with Gasteiger partial charge >= 0.3 is 0 Å². The highest BCUT2D eigenvalue weighted by molar-refractivity contribution is 5.94. The molecule has 0 unspecified atom stereocenters. The molecule has 7 heteroatoms. The van der Waals surface area contributed by atoms with Crippen molar-refractivity contribution < 1.29 is 9.53 Å². The van der Waals surface area contributed by atoms with Crippen LogP contribution in [0.5, 0.6) is 0 Å². The van der Waals surface area contributed by atoms with E-state index in [1.54, 1.807) is 0 Å². The molecule has 1 amide bonds. The molecule has 2 aliphatic heterocycles. The van der Waals surface area contributed by atoms with E-state index < -0.39 is 0 Å². The molecule has 0 atom stereocenters. The van der Waals surface area contributed by atoms with Gasteiger partial charge in [-0.15, -0.1) is 0 Å². The summed E-state index contributed by atoms with van der Waals surface area (Å²) in [5.74, 6) is 1.79. The van der Waals surface area contributed by atoms with E-state index in [0.29, 0.717) is 26.3 Å². The molecule has 4 rings (SSSR count). The largest absolute Gasteiger partial charge is 0.378 e. The first-order chi connectivity index (χ1) is 14.4. The van der Waals surface area contributed by atoms with Crippen molar-refractivity contribution in [2.24, 2.45) is 0 Å². The number of amides is 1. The van der Waals surface area contributed by atoms with E-state index in [2.05, 4.69) is 47.7 Å². The molecule has 1 aromatic heterocycles. The van der Waals surface area contributed by atoms with Crippen molar-refractivity contribution in [2.45, 2.75) is 26.2 Å². The van der Waals surface area contributed by atoms with Gasteiger partial charge < -0.3 is 19.4 Å². The Kier molecular flexibility index (Phi) is 5.90. The molecule has 0 N–H and O–H groups in total. The number of anilines is 2. The van der Waals surface area contributed by atoms with E-state index in [9.17, 15) is 4.79 Å². The Morgan fingerprint density at radius 1 is 0.900 bits per heavy atom. The van der Waals surface area contributed by atoms with Gasteiger partial charge in [0.2, 0.25) is 5.95 Å². The highest BCUT2D eigenvalue weighted by Gasteiger charge is 2.24. The van der Waals surface area contributed by atoms with Gasteiger partial charge in [-0.05, 0) is 29.2 Å². The molecule has 1 aromatic carbocycles. The van der Waals surface area contributed by atoms with Crippen LogP contribution in [0.25, 0.3) is 0 Å². The van der Waals surface area contributed by atoms with Gasteiger partial charge in [0.15, 0.2) is 0 Å². The van der Waals surface area contributed by atoms with Crippen molar-refractivity contribution in [3.05, 3.63) is 47.7 Å². The molecule has 2 aromatic rings. The fourth-order valence-corrected chi connectivity index (χ4v) is 3.87. The summed E-state index contributed by atoms with van der Waals surface area (Å²) in [5.41, 5.74) is 2.09. The summed E-state index contributed by atoms with van der Waals surface area (Å²) in [7, 11) is 0. The Morgan fingerprint density at radius 2 is 1.57 bits per heavy atom. The summed E-state index contributed by atoms with van der Waals surface area (Å²) >= 11 is 0. The van der Waals surface area contributed by atoms with E-state index in [-0.39, 0.29) is 11.3 Å². The maximum atomic E-state index is 12.9. The zero-order chi connectivity index (χ0) is 21.1. The molecule has 30 heavy (non-hydrogen) atoms. The Labute approximate surface area is 178 Å². The summed E-state index contributed by atoms with van der Waals surface area (Å²) in [6.45, 7) is 12.5. The highest BCUT2D eigenvalue weighted by Crippen LogP contribution is 2.23. The Balaban J connectivity index is 1.37. The number of carbonyl (C=O) groups is 1. The van der Waals surface area contributed by atoms with E-state index in [1.807, 2.05) is 29.3 Å². The van der Waals surface area contributed by atoms with Crippen LogP contribution in [0.3, 0.4) is 0 Å². The van der Waals surface area contributed by atoms with Crippen molar-refractivity contribution in [1.82, 2.24) is 14.9 Å². The lowest BCUT2D eigenvalue weighted by Crippen LogP contribution is -2.49. The minimum Gasteiger partial charge on any atom is -0.378 e. The molecule has 0 radical (unpaired) electrons. The number of piperazine rings is 1. The SMILES string of the molecule is CC(C)(C)c1ccc(C(=O)N2CCN(c3ccnc(N4CCOCC4)n3)CC2)cc1. The minimum atomic E-state index is 0.0881. The summed E-state index contributed by atoms with van der Waals surface area (Å²) in [4.78, 5) is 28.5. The molecular formula is C23H31N5O2. The van der Waals surface area contributed by atoms with Crippen LogP contribution in [0.4, 0.5) is 11.8 Å². The summed E-state index contributed by atoms with van der Waals surface area (Å²) in [6.07, 6.45) is 1.82. The second-order valence-corrected chi connectivity index (χ2v) is 8.92. The Morgan fingerprint density at radius 3 is 2.20 bits per heavy atom. The standard InChI is InChI=1S/C23H31N5O2/c1-23(2,3)19-6-4-18(5-7-19)21(29)27-12-10-26(11-13-27)20-8-9-24-22(25-20)28-14-16-30-17-15-28/h4-9H,10-17H2,1-3H3. The molecule has 0 aliphatic carbocycles. The Hall–Kier alpha value is -2.67. The van der Waals surface area contributed by atoms with Gasteiger partial charge in [0.25, 0.3) is 5.91 Å². The number of carbonyl (C=O) groups excluding carboxylic acids is 1. The first-order valence-electron chi connectivity index (χ1n) is 10.7. The quantitative estimate of drug-likeness (QED) is 0.777. The van der Waals surface area contributed by atoms with Crippen molar-refractivity contribution in [2.75, 3.05) is 62.3 Å². The van der Waals surface area contributed by atoms with Crippen LogP contribution in [0.2, 0.25) is 0 Å². The average molecular weight is 410 g/mol. The van der Waals surface area contributed by atoms with Crippen LogP contribution in [0.15, 0.2) is 36.5 Å². The number of nitrogens with zero attached hydrogens (tertiary/aromatic N) is 5. The Bertz CT molecular complexity index is 864. The molecule has 2 fully saturated rings. The zero-order valence-corrected chi connectivity index (χ0v) is 18.2. The number of rotatable bonds is 3. The molecule has 2 saturated heterocycles. The van der Waals surface area contributed by atoms with Crippen LogP contribution < -0.4 is 9.80 Å². The van der Waals surface area contributed by atoms with Gasteiger partial charge in [-0.1, -0.05) is 32.9 Å². The molecule has 2 aliphatic rings. The number of aromatic nitrogens is 2. The highest BCUT2D eigenvalue weighted by atomic mass is 16.5. The number of hydrogen-bond donors (Lipinski definition) is 0. The third kappa shape index (κ3) is 4.56. The molecule has 160 valence electrons. The second kappa shape index (κ2) is 8.60. The van der Waals surface area contributed by atoms with Gasteiger partial charge in [-0.3, -0.25) is 4.79 Å². The van der Waals surface area contributed by atoms with Crippen molar-refractivity contribution in [3.63, 3.8) is 0 Å². The van der Waals surface area contributed by atoms with Crippen molar-refractivity contribution in [3.8, 4) is 0 Å². The number of hydrogen-bond acceptors (Lipinski definition) is 6. The average Bonchev–Trinajstić information content (AvgIpc) is 2.79. The summed E-state index contributed by atoms with van der Waals surface area (Å²) in [6, 6.07) is 9.99. The lowest BCUT2D eigenvalue weighted by atomic mass is 9.86. The van der Waals surface area contributed by atoms with E-state index >= 15 is 0 Å². The molecule has 0 saturated carbocycles. The first-order valence-corrected chi connectivity index (χ1v) is 10.7. The van der Waals surface area contributed by atoms with Crippen molar-refractivity contribution in [1.29, 1.82) is 0 Å². The molecule has 0 spiro atoms. The van der Waals surface area contributed by atoms with Gasteiger partial charge in [-0.2, -0.15) is 4.98 Å². The predicted octanol–water partition coefficient (Wildman–Crippen LogP) is 2.57. The first kappa shape index (κ1) is 20.6. The van der Waals surface area contributed by atoms with Gasteiger partial charge in [0, 0.05) is 51.0 Å². The van der Waals surface area contributed by atoms with Gasteiger partial charge in [0.1, 0.15) is 5.82 Å². The third-order valence-electron chi connectivity index (χ3n) is 5.81. The smallest absolute Gasteiger partial charge is 0.253 e. The molecule has 0 bridgehead atoms. The van der Waals surface area contributed by atoms with Crippen molar-refractivity contribution >= 4 is 17.7 Å². The molecular weight excluding hydrogens is 378 g/mol. The summed E-state index contributed by atoms with van der Waals surface area (Å²) in [5, 5.41) is 0. The fourth-order valence-electron chi connectivity index (χ4n) is 3.87. The normalized spacial score (nSPS) is 17.9. The summed E-state index contributed by atoms with van der Waals surface area (Å²) < 4.78 is 5.42. The third-order valence-corrected chi connectivity index (χ3v) is 5.81. The fraction of sp³-hybridized carbons (Fsp3) is 0.522. The maximum Gasteiger partial charge on any atom is 0.253 e. The van der Waals surface area contributed by atoms with E-state index in [0.717, 1.165) is 43.5 Å². The number of morpholine rings is 1. The van der Waals surface area contributed by atoms with Crippen LogP contribution in [0, 0.1) is 0 Å². The minimum absolute atomic E-state index is 0.0881. The van der Waals surface area contributed by atoms with E-state index in [4.69, 9.17) is 9.72 Å². The lowest BCUT2D eigenvalue weighted by Gasteiger charge is -2.36. The predicted molar refractivity (Wildman–Crippen MR) is 118 cm³/mol. The topological polar surface area (TPSA) is 61.8 Å². The maximum absolute atomic E-state index is 12.9. The van der Waals surface area contributed by atoms with Crippen LogP contribution in [-0.2, 0) is 10.2 Å². The number of benzene rings is 1. The van der Waals surface area contributed by atoms with Crippen LogP contribution in [0.1, 0.15) is 36.7 Å². The lowest BCUT2D eigenvalue weighted by molar-refractivity contribution is 0.0746. The molecule has 7 nitrogen and oxygen atoms in total. The monoisotopic (exact) mass is 409 g/mol. The van der Waals surface area contributed by atoms with E-state index in [1.165, 1.54) is 5.56 Å².